The number of alkyl halides is 5. The van der Waals surface area contributed by atoms with Crippen molar-refractivity contribution in [2.24, 2.45) is 0 Å². The molecular weight excluding hydrogens is 265 g/mol. The van der Waals surface area contributed by atoms with E-state index in [1.807, 2.05) is 0 Å². The number of pyridine rings is 1. The topological polar surface area (TPSA) is 48.4 Å². The van der Waals surface area contributed by atoms with E-state index in [9.17, 15) is 26.7 Å². The molecule has 0 aliphatic heterocycles. The molecule has 0 unspecified atom stereocenters. The lowest BCUT2D eigenvalue weighted by Crippen LogP contribution is -2.19. The van der Waals surface area contributed by atoms with Crippen LogP contribution in [0.5, 0.6) is 11.5 Å². The molecule has 0 spiro atoms. The van der Waals surface area contributed by atoms with Crippen molar-refractivity contribution in [3.8, 4) is 11.5 Å². The lowest BCUT2D eigenvalue weighted by molar-refractivity contribution is -0.275. The Kier molecular flexibility index (Phi) is 4.04. The molecule has 1 heterocycles. The second-order valence-corrected chi connectivity index (χ2v) is 2.93. The molecule has 1 aromatic rings. The number of ether oxygens (including phenoxy) is 2. The smallest absolute Gasteiger partial charge is 0.491 e. The maximum Gasteiger partial charge on any atom is 0.573 e. The Labute approximate surface area is 97.3 Å². The number of aromatic nitrogens is 1. The van der Waals surface area contributed by atoms with E-state index in [0.717, 1.165) is 7.11 Å². The molecule has 0 atom stereocenters. The molecule has 1 aromatic heterocycles. The van der Waals surface area contributed by atoms with Gasteiger partial charge < -0.3 is 9.47 Å². The quantitative estimate of drug-likeness (QED) is 0.624. The van der Waals surface area contributed by atoms with Crippen molar-refractivity contribution in [3.63, 3.8) is 0 Å². The molecule has 4 nitrogen and oxygen atoms in total. The van der Waals surface area contributed by atoms with Crippen molar-refractivity contribution in [2.45, 2.75) is 12.8 Å². The molecule has 0 saturated heterocycles. The third kappa shape index (κ3) is 3.05. The summed E-state index contributed by atoms with van der Waals surface area (Å²) in [7, 11) is 0.905. The standard InChI is InChI=1S/C9H6F5NO3/c1-17-7-5(3-16)15-2-4(8(10)11)6(7)18-9(12,13)14/h2-3,8H,1H3. The van der Waals surface area contributed by atoms with Gasteiger partial charge in [-0.2, -0.15) is 0 Å². The zero-order chi connectivity index (χ0) is 13.9. The van der Waals surface area contributed by atoms with E-state index in [-0.39, 0.29) is 6.29 Å². The molecule has 1 rings (SSSR count). The van der Waals surface area contributed by atoms with E-state index in [0.29, 0.717) is 6.20 Å². The summed E-state index contributed by atoms with van der Waals surface area (Å²) in [5.74, 6) is -2.06. The van der Waals surface area contributed by atoms with Crippen molar-refractivity contribution < 1.29 is 36.2 Å². The summed E-state index contributed by atoms with van der Waals surface area (Å²) < 4.78 is 69.3. The van der Waals surface area contributed by atoms with Gasteiger partial charge in [-0.25, -0.2) is 13.8 Å². The monoisotopic (exact) mass is 271 g/mol. The van der Waals surface area contributed by atoms with Gasteiger partial charge in [-0.3, -0.25) is 4.79 Å². The number of carbonyl (C=O) groups is 1. The van der Waals surface area contributed by atoms with Crippen molar-refractivity contribution in [2.75, 3.05) is 7.11 Å². The van der Waals surface area contributed by atoms with Crippen LogP contribution < -0.4 is 9.47 Å². The maximum absolute atomic E-state index is 12.5. The zero-order valence-corrected chi connectivity index (χ0v) is 8.79. The predicted molar refractivity (Wildman–Crippen MR) is 47.8 cm³/mol. The Morgan fingerprint density at radius 1 is 1.33 bits per heavy atom. The molecule has 0 fully saturated rings. The number of aldehydes is 1. The second kappa shape index (κ2) is 5.15. The van der Waals surface area contributed by atoms with Crippen molar-refractivity contribution in [1.29, 1.82) is 0 Å². The van der Waals surface area contributed by atoms with Crippen molar-refractivity contribution >= 4 is 6.29 Å². The minimum Gasteiger partial charge on any atom is -0.491 e. The molecule has 0 N–H and O–H groups in total. The molecule has 9 heteroatoms. The van der Waals surface area contributed by atoms with Crippen LogP contribution in [0, 0.1) is 0 Å². The fourth-order valence-corrected chi connectivity index (χ4v) is 1.16. The van der Waals surface area contributed by atoms with E-state index >= 15 is 0 Å². The highest BCUT2D eigenvalue weighted by molar-refractivity contribution is 5.78. The first-order valence-electron chi connectivity index (χ1n) is 4.36. The van der Waals surface area contributed by atoms with Crippen LogP contribution in [-0.4, -0.2) is 24.7 Å². The number of nitrogens with zero attached hydrogens (tertiary/aromatic N) is 1. The number of carbonyl (C=O) groups excluding carboxylic acids is 1. The highest BCUT2D eigenvalue weighted by Crippen LogP contribution is 2.40. The van der Waals surface area contributed by atoms with Gasteiger partial charge in [0, 0.05) is 6.20 Å². The summed E-state index contributed by atoms with van der Waals surface area (Å²) in [6.45, 7) is 0. The van der Waals surface area contributed by atoms with Crippen molar-refractivity contribution in [1.82, 2.24) is 4.98 Å². The van der Waals surface area contributed by atoms with Gasteiger partial charge in [-0.15, -0.1) is 13.2 Å². The number of hydrogen-bond acceptors (Lipinski definition) is 4. The van der Waals surface area contributed by atoms with Crippen molar-refractivity contribution in [3.05, 3.63) is 17.5 Å². The predicted octanol–water partition coefficient (Wildman–Crippen LogP) is 2.74. The van der Waals surface area contributed by atoms with Gasteiger partial charge in [-0.05, 0) is 0 Å². The second-order valence-electron chi connectivity index (χ2n) is 2.93. The zero-order valence-electron chi connectivity index (χ0n) is 8.79. The fourth-order valence-electron chi connectivity index (χ4n) is 1.16. The van der Waals surface area contributed by atoms with Crippen LogP contribution in [-0.2, 0) is 0 Å². The number of rotatable bonds is 4. The molecule has 0 bridgehead atoms. The number of halogens is 5. The summed E-state index contributed by atoms with van der Waals surface area (Å²) in [5.41, 5.74) is -1.68. The van der Waals surface area contributed by atoms with Crippen LogP contribution >= 0.6 is 0 Å². The molecule has 0 saturated carbocycles. The highest BCUT2D eigenvalue weighted by atomic mass is 19.4. The van der Waals surface area contributed by atoms with Gasteiger partial charge in [0.05, 0.1) is 12.7 Å². The van der Waals surface area contributed by atoms with Gasteiger partial charge in [0.25, 0.3) is 6.43 Å². The average Bonchev–Trinajstić information content (AvgIpc) is 2.25. The molecule has 0 radical (unpaired) electrons. The van der Waals surface area contributed by atoms with E-state index in [1.165, 1.54) is 0 Å². The maximum atomic E-state index is 12.5. The fraction of sp³-hybridized carbons (Fsp3) is 0.333. The Hall–Kier alpha value is -1.93. The molecule has 0 aromatic carbocycles. The molecule has 0 aliphatic rings. The first-order valence-corrected chi connectivity index (χ1v) is 4.36. The van der Waals surface area contributed by atoms with Gasteiger partial charge in [0.1, 0.15) is 5.69 Å². The number of methoxy groups -OCH3 is 1. The van der Waals surface area contributed by atoms with Crippen LogP contribution in [0.15, 0.2) is 6.20 Å². The molecule has 0 aliphatic carbocycles. The third-order valence-electron chi connectivity index (χ3n) is 1.81. The average molecular weight is 271 g/mol. The van der Waals surface area contributed by atoms with Gasteiger partial charge in [-0.1, -0.05) is 0 Å². The molecular formula is C9H6F5NO3. The third-order valence-corrected chi connectivity index (χ3v) is 1.81. The normalized spacial score (nSPS) is 11.5. The van der Waals surface area contributed by atoms with Gasteiger partial charge in [0.2, 0.25) is 0 Å². The van der Waals surface area contributed by atoms with Gasteiger partial charge in [0.15, 0.2) is 17.8 Å². The summed E-state index contributed by atoms with van der Waals surface area (Å²) >= 11 is 0. The molecule has 100 valence electrons. The minimum atomic E-state index is -5.20. The number of hydrogen-bond donors (Lipinski definition) is 0. The Morgan fingerprint density at radius 2 is 1.94 bits per heavy atom. The van der Waals surface area contributed by atoms with Crippen LogP contribution in [0.3, 0.4) is 0 Å². The largest absolute Gasteiger partial charge is 0.573 e. The van der Waals surface area contributed by atoms with E-state index in [1.54, 1.807) is 0 Å². The Morgan fingerprint density at radius 3 is 2.33 bits per heavy atom. The highest BCUT2D eigenvalue weighted by Gasteiger charge is 2.36. The van der Waals surface area contributed by atoms with E-state index in [2.05, 4.69) is 14.5 Å². The Bertz CT molecular complexity index is 447. The van der Waals surface area contributed by atoms with Gasteiger partial charge >= 0.3 is 6.36 Å². The van der Waals surface area contributed by atoms with E-state index in [4.69, 9.17) is 0 Å². The first-order chi connectivity index (χ1) is 8.30. The minimum absolute atomic E-state index is 0.0668. The first kappa shape index (κ1) is 14.1. The molecule has 18 heavy (non-hydrogen) atoms. The Balaban J connectivity index is 3.43. The van der Waals surface area contributed by atoms with Crippen LogP contribution in [0.4, 0.5) is 22.0 Å². The summed E-state index contributed by atoms with van der Waals surface area (Å²) in [6.07, 6.45) is -7.96. The summed E-state index contributed by atoms with van der Waals surface area (Å²) in [4.78, 5) is 13.8. The molecule has 0 amide bonds. The van der Waals surface area contributed by atoms with Crippen LogP contribution in [0.25, 0.3) is 0 Å². The van der Waals surface area contributed by atoms with Crippen LogP contribution in [0.2, 0.25) is 0 Å². The lowest BCUT2D eigenvalue weighted by atomic mass is 10.2. The van der Waals surface area contributed by atoms with E-state index < -0.39 is 35.5 Å². The SMILES string of the molecule is COc1c(C=O)ncc(C(F)F)c1OC(F)(F)F. The van der Waals surface area contributed by atoms with Crippen LogP contribution in [0.1, 0.15) is 22.5 Å². The lowest BCUT2D eigenvalue weighted by Gasteiger charge is -2.16. The summed E-state index contributed by atoms with van der Waals surface area (Å²) in [6, 6.07) is 0. The summed E-state index contributed by atoms with van der Waals surface area (Å²) in [5, 5.41) is 0.